The van der Waals surface area contributed by atoms with Crippen molar-refractivity contribution in [1.29, 1.82) is 5.26 Å². The molecule has 1 atom stereocenters. The number of nitriles is 1. The highest BCUT2D eigenvalue weighted by atomic mass is 35.5. The summed E-state index contributed by atoms with van der Waals surface area (Å²) in [5.74, 6) is 1.04. The minimum atomic E-state index is -0.155. The summed E-state index contributed by atoms with van der Waals surface area (Å²) < 4.78 is 8.21. The zero-order chi connectivity index (χ0) is 23.8. The van der Waals surface area contributed by atoms with Gasteiger partial charge in [-0.1, -0.05) is 11.6 Å². The Kier molecular flexibility index (Phi) is 6.09. The van der Waals surface area contributed by atoms with Crippen LogP contribution in [0.2, 0.25) is 0 Å². The van der Waals surface area contributed by atoms with Gasteiger partial charge in [-0.15, -0.1) is 0 Å². The second-order valence-electron chi connectivity index (χ2n) is 9.20. The lowest BCUT2D eigenvalue weighted by Crippen LogP contribution is -2.28. The maximum absolute atomic E-state index is 11.9. The Morgan fingerprint density at radius 1 is 1.29 bits per heavy atom. The van der Waals surface area contributed by atoms with Crippen LogP contribution in [0.5, 0.6) is 5.88 Å². The van der Waals surface area contributed by atoms with Crippen molar-refractivity contribution in [2.24, 2.45) is 16.8 Å². The molecule has 176 valence electrons. The molecular weight excluding hydrogens is 454 g/mol. The topological polar surface area (TPSA) is 109 Å². The van der Waals surface area contributed by atoms with Gasteiger partial charge < -0.3 is 9.64 Å². The molecule has 10 heteroatoms. The summed E-state index contributed by atoms with van der Waals surface area (Å²) in [7, 11) is 0. The maximum atomic E-state index is 11.9. The molecule has 0 amide bonds. The van der Waals surface area contributed by atoms with Crippen LogP contribution >= 0.6 is 11.6 Å². The molecule has 4 heterocycles. The lowest BCUT2D eigenvalue weighted by Gasteiger charge is -2.30. The van der Waals surface area contributed by atoms with E-state index in [4.69, 9.17) is 26.7 Å². The Balaban J connectivity index is 1.28. The van der Waals surface area contributed by atoms with Crippen molar-refractivity contribution in [2.75, 3.05) is 19.6 Å². The van der Waals surface area contributed by atoms with E-state index in [2.05, 4.69) is 28.0 Å². The Labute approximate surface area is 203 Å². The number of carbonyl (C=O) groups excluding carboxylic acids is 1. The van der Waals surface area contributed by atoms with Crippen molar-refractivity contribution >= 4 is 23.6 Å². The number of allylic oxidation sites excluding steroid dienone is 1. The lowest BCUT2D eigenvalue weighted by molar-refractivity contribution is -0.113. The first kappa shape index (κ1) is 22.5. The first-order valence-electron chi connectivity index (χ1n) is 11.5. The fraction of sp³-hybridized carbons (Fsp3) is 0.500. The fourth-order valence-corrected chi connectivity index (χ4v) is 5.17. The Morgan fingerprint density at radius 3 is 2.91 bits per heavy atom. The number of rotatable bonds is 6. The van der Waals surface area contributed by atoms with Crippen molar-refractivity contribution in [2.45, 2.75) is 45.8 Å². The smallest absolute Gasteiger partial charge is 0.217 e. The molecule has 0 bridgehead atoms. The number of aryl methyl sites for hydroxylation is 1. The molecule has 0 N–H and O–H groups in total. The largest absolute Gasteiger partial charge is 0.472 e. The van der Waals surface area contributed by atoms with Gasteiger partial charge in [0.15, 0.2) is 5.78 Å². The minimum absolute atomic E-state index is 0.0817. The van der Waals surface area contributed by atoms with Gasteiger partial charge in [0, 0.05) is 49.0 Å². The highest BCUT2D eigenvalue weighted by Crippen LogP contribution is 2.36. The van der Waals surface area contributed by atoms with E-state index in [0.717, 1.165) is 55.0 Å². The van der Waals surface area contributed by atoms with E-state index in [1.165, 1.54) is 6.33 Å². The summed E-state index contributed by atoms with van der Waals surface area (Å²) >= 11 is 6.21. The van der Waals surface area contributed by atoms with Gasteiger partial charge in [-0.3, -0.25) is 14.5 Å². The van der Waals surface area contributed by atoms with Gasteiger partial charge in [-0.2, -0.15) is 10.4 Å². The SMILES string of the molecule is Cc1nn(CC2CC(C#N)C2)c(C)c1-c1cc(O[C@@H]2CCN(C3=C(Cl)C(=O)CN=C3)C2)ncn1. The highest BCUT2D eigenvalue weighted by molar-refractivity contribution is 6.44. The number of halogens is 1. The molecule has 2 aromatic rings. The molecule has 0 unspecified atom stereocenters. The zero-order valence-corrected chi connectivity index (χ0v) is 20.0. The molecule has 1 saturated carbocycles. The van der Waals surface area contributed by atoms with Crippen LogP contribution in [0.4, 0.5) is 0 Å². The van der Waals surface area contributed by atoms with Crippen LogP contribution in [0.25, 0.3) is 11.3 Å². The second kappa shape index (κ2) is 9.18. The van der Waals surface area contributed by atoms with Crippen LogP contribution in [0.1, 0.15) is 30.7 Å². The summed E-state index contributed by atoms with van der Waals surface area (Å²) in [5, 5.41) is 14.0. The maximum Gasteiger partial charge on any atom is 0.217 e. The van der Waals surface area contributed by atoms with E-state index in [1.807, 2.05) is 22.6 Å². The van der Waals surface area contributed by atoms with Gasteiger partial charge in [0.2, 0.25) is 5.88 Å². The number of dihydropyridines is 1. The number of ketones is 1. The fourth-order valence-electron chi connectivity index (χ4n) is 4.94. The predicted molar refractivity (Wildman–Crippen MR) is 126 cm³/mol. The van der Waals surface area contributed by atoms with Gasteiger partial charge in [-0.05, 0) is 32.6 Å². The number of nitrogens with zero attached hydrogens (tertiary/aromatic N) is 7. The van der Waals surface area contributed by atoms with Crippen LogP contribution in [0.3, 0.4) is 0 Å². The van der Waals surface area contributed by atoms with Crippen molar-refractivity contribution in [3.8, 4) is 23.2 Å². The highest BCUT2D eigenvalue weighted by Gasteiger charge is 2.31. The number of aromatic nitrogens is 4. The van der Waals surface area contributed by atoms with Crippen LogP contribution in [0.15, 0.2) is 28.1 Å². The first-order valence-corrected chi connectivity index (χ1v) is 11.9. The molecule has 0 aromatic carbocycles. The van der Waals surface area contributed by atoms with Gasteiger partial charge >= 0.3 is 0 Å². The number of ether oxygens (including phenoxy) is 1. The number of carbonyl (C=O) groups is 1. The molecule has 0 spiro atoms. The van der Waals surface area contributed by atoms with Crippen LogP contribution < -0.4 is 4.74 Å². The van der Waals surface area contributed by atoms with E-state index >= 15 is 0 Å². The molecule has 34 heavy (non-hydrogen) atoms. The summed E-state index contributed by atoms with van der Waals surface area (Å²) in [5.41, 5.74) is 4.40. The van der Waals surface area contributed by atoms with Gasteiger partial charge in [-0.25, -0.2) is 9.97 Å². The zero-order valence-electron chi connectivity index (χ0n) is 19.2. The van der Waals surface area contributed by atoms with Crippen molar-refractivity contribution < 1.29 is 9.53 Å². The second-order valence-corrected chi connectivity index (χ2v) is 9.58. The van der Waals surface area contributed by atoms with Crippen molar-refractivity contribution in [1.82, 2.24) is 24.6 Å². The van der Waals surface area contributed by atoms with Gasteiger partial charge in [0.05, 0.1) is 29.7 Å². The molecule has 2 aliphatic heterocycles. The monoisotopic (exact) mass is 479 g/mol. The number of Topliss-reactive ketones (excluding diaryl/α,β-unsaturated/α-hetero) is 1. The van der Waals surface area contributed by atoms with Gasteiger partial charge in [0.25, 0.3) is 0 Å². The molecule has 1 aliphatic carbocycles. The number of hydrogen-bond acceptors (Lipinski definition) is 8. The van der Waals surface area contributed by atoms with E-state index in [0.29, 0.717) is 24.0 Å². The molecule has 5 rings (SSSR count). The average molecular weight is 480 g/mol. The standard InChI is InChI=1S/C24H26ClN7O2/c1-14-23(15(2)32(30-14)11-17-5-16(6-17)8-26)19-7-22(29-13-28-19)34-18-3-4-31(12-18)20-9-27-10-21(33)24(20)25/h7,9,13,16-18H,3-6,10-12H2,1-2H3/t16?,17?,18-/m1/s1. The molecule has 3 aliphatic rings. The Morgan fingerprint density at radius 2 is 2.12 bits per heavy atom. The molecule has 1 saturated heterocycles. The van der Waals surface area contributed by atoms with Crippen molar-refractivity contribution in [3.63, 3.8) is 0 Å². The number of hydrogen-bond donors (Lipinski definition) is 0. The van der Waals surface area contributed by atoms with Crippen LogP contribution in [-0.2, 0) is 11.3 Å². The van der Waals surface area contributed by atoms with Crippen molar-refractivity contribution in [3.05, 3.63) is 34.5 Å². The third-order valence-electron chi connectivity index (χ3n) is 6.82. The van der Waals surface area contributed by atoms with E-state index in [9.17, 15) is 4.79 Å². The summed E-state index contributed by atoms with van der Waals surface area (Å²) in [6, 6.07) is 4.20. The molecule has 2 fully saturated rings. The molecular formula is C24H26ClN7O2. The molecule has 9 nitrogen and oxygen atoms in total. The summed E-state index contributed by atoms with van der Waals surface area (Å²) in [4.78, 5) is 26.8. The third kappa shape index (κ3) is 4.30. The Bertz CT molecular complexity index is 1220. The quantitative estimate of drug-likeness (QED) is 0.626. The Hall–Kier alpha value is -3.25. The van der Waals surface area contributed by atoms with E-state index < -0.39 is 0 Å². The number of likely N-dealkylation sites (tertiary alicyclic amines) is 1. The lowest BCUT2D eigenvalue weighted by atomic mass is 9.76. The third-order valence-corrected chi connectivity index (χ3v) is 7.22. The van der Waals surface area contributed by atoms with Gasteiger partial charge in [0.1, 0.15) is 24.0 Å². The van der Waals surface area contributed by atoms with Crippen LogP contribution in [-0.4, -0.2) is 62.4 Å². The normalized spacial score (nSPS) is 24.4. The number of aliphatic imine (C=N–C) groups is 1. The predicted octanol–water partition coefficient (Wildman–Crippen LogP) is 3.06. The molecule has 0 radical (unpaired) electrons. The molecule has 2 aromatic heterocycles. The summed E-state index contributed by atoms with van der Waals surface area (Å²) in [6.07, 6.45) is 5.77. The van der Waals surface area contributed by atoms with Crippen LogP contribution in [0, 0.1) is 37.0 Å². The van der Waals surface area contributed by atoms with E-state index in [1.54, 1.807) is 6.21 Å². The minimum Gasteiger partial charge on any atom is -0.472 e. The average Bonchev–Trinajstić information content (AvgIpc) is 3.36. The summed E-state index contributed by atoms with van der Waals surface area (Å²) in [6.45, 7) is 6.30. The first-order chi connectivity index (χ1) is 16.4. The van der Waals surface area contributed by atoms with E-state index in [-0.39, 0.29) is 29.4 Å².